The highest BCUT2D eigenvalue weighted by Gasteiger charge is 2.33. The highest BCUT2D eigenvalue weighted by Crippen LogP contribution is 2.31. The molecule has 0 spiro atoms. The maximum Gasteiger partial charge on any atom is 0.433 e. The summed E-state index contributed by atoms with van der Waals surface area (Å²) in [6, 6.07) is 4.68. The van der Waals surface area contributed by atoms with Gasteiger partial charge in [-0.15, -0.1) is 0 Å². The van der Waals surface area contributed by atoms with E-state index in [2.05, 4.69) is 4.98 Å². The van der Waals surface area contributed by atoms with Crippen LogP contribution in [0.4, 0.5) is 13.2 Å². The smallest absolute Gasteiger partial charge is 0.433 e. The molecule has 2 aromatic rings. The van der Waals surface area contributed by atoms with Gasteiger partial charge in [-0.2, -0.15) is 13.2 Å². The molecule has 1 N–H and O–H groups in total. The second kappa shape index (κ2) is 4.13. The summed E-state index contributed by atoms with van der Waals surface area (Å²) in [5.74, 6) is -1.42. The number of nitrogens with zero attached hydrogens (tertiary/aromatic N) is 1. The topological polar surface area (TPSA) is 50.2 Å². The van der Waals surface area contributed by atoms with E-state index in [9.17, 15) is 18.0 Å². The number of fused-ring (bicyclic) bond motifs is 1. The summed E-state index contributed by atoms with van der Waals surface area (Å²) in [4.78, 5) is 14.3. The lowest BCUT2D eigenvalue weighted by Crippen LogP contribution is -2.09. The lowest BCUT2D eigenvalue weighted by atomic mass is 10.1. The summed E-state index contributed by atoms with van der Waals surface area (Å²) in [5.41, 5.74) is -1.86. The average Bonchev–Trinajstić information content (AvgIpc) is 2.26. The van der Waals surface area contributed by atoms with Crippen LogP contribution >= 0.6 is 11.6 Å². The van der Waals surface area contributed by atoms with Gasteiger partial charge in [0.25, 0.3) is 0 Å². The minimum atomic E-state index is -4.63. The molecular formula is C11H5ClF3NO2. The summed E-state index contributed by atoms with van der Waals surface area (Å²) in [6.45, 7) is 0. The van der Waals surface area contributed by atoms with E-state index < -0.39 is 23.4 Å². The number of carboxylic acids is 1. The van der Waals surface area contributed by atoms with Crippen LogP contribution in [0, 0.1) is 0 Å². The Hall–Kier alpha value is -1.82. The first-order chi connectivity index (χ1) is 8.30. The van der Waals surface area contributed by atoms with Gasteiger partial charge in [0.15, 0.2) is 0 Å². The molecule has 0 bridgehead atoms. The SMILES string of the molecule is O=C(O)c1c(Cl)ccc2ccc(C(F)(F)F)nc12. The van der Waals surface area contributed by atoms with Gasteiger partial charge >= 0.3 is 12.1 Å². The fourth-order valence-corrected chi connectivity index (χ4v) is 1.76. The maximum absolute atomic E-state index is 12.5. The number of alkyl halides is 3. The summed E-state index contributed by atoms with van der Waals surface area (Å²) in [7, 11) is 0. The van der Waals surface area contributed by atoms with Gasteiger partial charge in [0.2, 0.25) is 0 Å². The Morgan fingerprint density at radius 3 is 2.39 bits per heavy atom. The van der Waals surface area contributed by atoms with Crippen LogP contribution in [0.1, 0.15) is 16.1 Å². The number of pyridine rings is 1. The fraction of sp³-hybridized carbons (Fsp3) is 0.0909. The Labute approximate surface area is 104 Å². The molecule has 0 fully saturated rings. The Bertz CT molecular complexity index is 640. The molecule has 7 heteroatoms. The molecule has 0 radical (unpaired) electrons. The molecule has 0 aliphatic rings. The number of benzene rings is 1. The first-order valence-electron chi connectivity index (χ1n) is 4.70. The third-order valence-electron chi connectivity index (χ3n) is 2.32. The van der Waals surface area contributed by atoms with E-state index in [4.69, 9.17) is 16.7 Å². The number of carboxylic acid groups (broad SMARTS) is 1. The number of carbonyl (C=O) groups is 1. The largest absolute Gasteiger partial charge is 0.478 e. The predicted octanol–water partition coefficient (Wildman–Crippen LogP) is 3.61. The Morgan fingerprint density at radius 1 is 1.22 bits per heavy atom. The molecule has 2 rings (SSSR count). The molecule has 0 aliphatic carbocycles. The zero-order chi connectivity index (χ0) is 13.5. The van der Waals surface area contributed by atoms with Crippen molar-refractivity contribution in [2.24, 2.45) is 0 Å². The average molecular weight is 276 g/mol. The monoisotopic (exact) mass is 275 g/mol. The van der Waals surface area contributed by atoms with Gasteiger partial charge < -0.3 is 5.11 Å². The van der Waals surface area contributed by atoms with Crippen molar-refractivity contribution in [3.05, 3.63) is 40.5 Å². The highest BCUT2D eigenvalue weighted by atomic mass is 35.5. The zero-order valence-electron chi connectivity index (χ0n) is 8.62. The van der Waals surface area contributed by atoms with Crippen molar-refractivity contribution in [3.8, 4) is 0 Å². The van der Waals surface area contributed by atoms with Crippen LogP contribution in [0.15, 0.2) is 24.3 Å². The predicted molar refractivity (Wildman–Crippen MR) is 58.7 cm³/mol. The van der Waals surface area contributed by atoms with Crippen molar-refractivity contribution in [3.63, 3.8) is 0 Å². The highest BCUT2D eigenvalue weighted by molar-refractivity contribution is 6.35. The minimum Gasteiger partial charge on any atom is -0.478 e. The number of rotatable bonds is 1. The summed E-state index contributed by atoms with van der Waals surface area (Å²) >= 11 is 5.66. The fourth-order valence-electron chi connectivity index (χ4n) is 1.53. The van der Waals surface area contributed by atoms with Crippen molar-refractivity contribution >= 4 is 28.5 Å². The molecule has 1 heterocycles. The van der Waals surface area contributed by atoms with E-state index in [1.165, 1.54) is 12.1 Å². The van der Waals surface area contributed by atoms with Crippen molar-refractivity contribution in [1.82, 2.24) is 4.98 Å². The van der Waals surface area contributed by atoms with Gasteiger partial charge in [-0.05, 0) is 12.1 Å². The number of halogens is 4. The normalized spacial score (nSPS) is 11.8. The number of aromatic nitrogens is 1. The number of aromatic carboxylic acids is 1. The van der Waals surface area contributed by atoms with E-state index >= 15 is 0 Å². The zero-order valence-corrected chi connectivity index (χ0v) is 9.38. The quantitative estimate of drug-likeness (QED) is 0.865. The van der Waals surface area contributed by atoms with Crippen LogP contribution in [-0.2, 0) is 6.18 Å². The van der Waals surface area contributed by atoms with Crippen molar-refractivity contribution in [2.45, 2.75) is 6.18 Å². The molecule has 0 amide bonds. The molecule has 18 heavy (non-hydrogen) atoms. The lowest BCUT2D eigenvalue weighted by molar-refractivity contribution is -0.140. The molecule has 0 saturated carbocycles. The Balaban J connectivity index is 2.82. The van der Waals surface area contributed by atoms with E-state index in [1.54, 1.807) is 0 Å². The molecule has 0 atom stereocenters. The van der Waals surface area contributed by atoms with Crippen LogP contribution in [0.25, 0.3) is 10.9 Å². The van der Waals surface area contributed by atoms with E-state index in [0.29, 0.717) is 0 Å². The molecule has 1 aromatic carbocycles. The Morgan fingerprint density at radius 2 is 1.83 bits per heavy atom. The third kappa shape index (κ3) is 2.11. The first-order valence-corrected chi connectivity index (χ1v) is 5.08. The van der Waals surface area contributed by atoms with E-state index in [1.807, 2.05) is 0 Å². The van der Waals surface area contributed by atoms with Crippen LogP contribution in [0.3, 0.4) is 0 Å². The van der Waals surface area contributed by atoms with E-state index in [-0.39, 0.29) is 15.9 Å². The molecule has 94 valence electrons. The second-order valence-corrected chi connectivity index (χ2v) is 3.90. The van der Waals surface area contributed by atoms with Gasteiger partial charge in [0.1, 0.15) is 11.3 Å². The first kappa shape index (κ1) is 12.6. The second-order valence-electron chi connectivity index (χ2n) is 3.49. The number of hydrogen-bond donors (Lipinski definition) is 1. The van der Waals surface area contributed by atoms with Crippen LogP contribution in [0.2, 0.25) is 5.02 Å². The van der Waals surface area contributed by atoms with Gasteiger partial charge in [0, 0.05) is 5.39 Å². The molecular weight excluding hydrogens is 271 g/mol. The van der Waals surface area contributed by atoms with Gasteiger partial charge in [0.05, 0.1) is 10.5 Å². The molecule has 0 saturated heterocycles. The molecule has 1 aromatic heterocycles. The van der Waals surface area contributed by atoms with Gasteiger partial charge in [-0.25, -0.2) is 9.78 Å². The third-order valence-corrected chi connectivity index (χ3v) is 2.63. The minimum absolute atomic E-state index is 0.151. The standard InChI is InChI=1S/C11H5ClF3NO2/c12-6-3-1-5-2-4-7(11(13,14)15)16-9(5)8(6)10(17)18/h1-4H,(H,17,18). The maximum atomic E-state index is 12.5. The lowest BCUT2D eigenvalue weighted by Gasteiger charge is -2.09. The number of hydrogen-bond acceptors (Lipinski definition) is 2. The molecule has 0 unspecified atom stereocenters. The molecule has 3 nitrogen and oxygen atoms in total. The van der Waals surface area contributed by atoms with Crippen LogP contribution in [0.5, 0.6) is 0 Å². The van der Waals surface area contributed by atoms with Gasteiger partial charge in [-0.1, -0.05) is 23.7 Å². The van der Waals surface area contributed by atoms with E-state index in [0.717, 1.165) is 12.1 Å². The van der Waals surface area contributed by atoms with Crippen molar-refractivity contribution in [2.75, 3.05) is 0 Å². The summed E-state index contributed by atoms with van der Waals surface area (Å²) in [5, 5.41) is 9.08. The molecule has 0 aliphatic heterocycles. The summed E-state index contributed by atoms with van der Waals surface area (Å²) < 4.78 is 37.5. The van der Waals surface area contributed by atoms with Crippen LogP contribution in [-0.4, -0.2) is 16.1 Å². The van der Waals surface area contributed by atoms with Crippen LogP contribution < -0.4 is 0 Å². The van der Waals surface area contributed by atoms with Crippen molar-refractivity contribution in [1.29, 1.82) is 0 Å². The van der Waals surface area contributed by atoms with Crippen molar-refractivity contribution < 1.29 is 23.1 Å². The Kier molecular flexibility index (Phi) is 2.90. The summed E-state index contributed by atoms with van der Waals surface area (Å²) in [6.07, 6.45) is -4.63. The van der Waals surface area contributed by atoms with Gasteiger partial charge in [-0.3, -0.25) is 0 Å².